The maximum Gasteiger partial charge on any atom is 0.410 e. The van der Waals surface area contributed by atoms with Crippen molar-refractivity contribution in [3.63, 3.8) is 0 Å². The van der Waals surface area contributed by atoms with Gasteiger partial charge in [-0.1, -0.05) is 6.07 Å². The summed E-state index contributed by atoms with van der Waals surface area (Å²) in [6.45, 7) is 1.32. The zero-order valence-corrected chi connectivity index (χ0v) is 12.8. The smallest absolute Gasteiger partial charge is 0.410 e. The van der Waals surface area contributed by atoms with Crippen molar-refractivity contribution in [3.8, 4) is 11.5 Å². The van der Waals surface area contributed by atoms with Crippen LogP contribution in [0.15, 0.2) is 18.2 Å². The van der Waals surface area contributed by atoms with E-state index in [-0.39, 0.29) is 12.5 Å². The minimum absolute atomic E-state index is 0.0325. The molecule has 0 unspecified atom stereocenters. The highest BCUT2D eigenvalue weighted by Crippen LogP contribution is 2.27. The van der Waals surface area contributed by atoms with Crippen LogP contribution in [-0.4, -0.2) is 57.4 Å². The van der Waals surface area contributed by atoms with Gasteiger partial charge in [0.1, 0.15) is 13.2 Å². The van der Waals surface area contributed by atoms with Crippen molar-refractivity contribution in [1.29, 1.82) is 0 Å². The number of nitrogens with one attached hydrogen (secondary N) is 1. The number of benzene rings is 1. The number of methoxy groups -OCH3 is 2. The lowest BCUT2D eigenvalue weighted by Crippen LogP contribution is -2.38. The average Bonchev–Trinajstić information content (AvgIpc) is 2.92. The van der Waals surface area contributed by atoms with Crippen molar-refractivity contribution >= 4 is 12.0 Å². The molecule has 1 saturated heterocycles. The Balaban J connectivity index is 1.78. The molecule has 0 atom stereocenters. The Labute approximate surface area is 129 Å². The van der Waals surface area contributed by atoms with Gasteiger partial charge in [0.2, 0.25) is 5.91 Å². The van der Waals surface area contributed by atoms with Gasteiger partial charge >= 0.3 is 6.09 Å². The second kappa shape index (κ2) is 7.53. The van der Waals surface area contributed by atoms with Gasteiger partial charge in [-0.25, -0.2) is 4.79 Å². The van der Waals surface area contributed by atoms with Gasteiger partial charge in [-0.2, -0.15) is 0 Å². The molecule has 0 aliphatic carbocycles. The van der Waals surface area contributed by atoms with Crippen LogP contribution in [0.5, 0.6) is 11.5 Å². The van der Waals surface area contributed by atoms with Crippen molar-refractivity contribution < 1.29 is 23.8 Å². The van der Waals surface area contributed by atoms with Crippen LogP contribution < -0.4 is 14.8 Å². The molecular formula is C15H20N2O5. The second-order valence-corrected chi connectivity index (χ2v) is 4.83. The molecule has 1 aromatic rings. The van der Waals surface area contributed by atoms with E-state index in [1.807, 2.05) is 18.2 Å². The molecule has 0 bridgehead atoms. The number of hydrogen-bond acceptors (Lipinski definition) is 5. The molecule has 1 heterocycles. The summed E-state index contributed by atoms with van der Waals surface area (Å²) >= 11 is 0. The fourth-order valence-corrected chi connectivity index (χ4v) is 2.18. The van der Waals surface area contributed by atoms with Crippen molar-refractivity contribution in [2.24, 2.45) is 0 Å². The third-order valence-corrected chi connectivity index (χ3v) is 3.36. The summed E-state index contributed by atoms with van der Waals surface area (Å²) in [7, 11) is 3.17. The monoisotopic (exact) mass is 308 g/mol. The third-order valence-electron chi connectivity index (χ3n) is 3.36. The van der Waals surface area contributed by atoms with Gasteiger partial charge in [0.25, 0.3) is 0 Å². The third kappa shape index (κ3) is 4.03. The molecule has 1 aromatic carbocycles. The molecule has 0 aromatic heterocycles. The first kappa shape index (κ1) is 15.9. The zero-order valence-electron chi connectivity index (χ0n) is 12.8. The lowest BCUT2D eigenvalue weighted by Gasteiger charge is -2.13. The average molecular weight is 308 g/mol. The molecule has 2 rings (SSSR count). The molecule has 1 fully saturated rings. The quantitative estimate of drug-likeness (QED) is 0.807. The SMILES string of the molecule is COc1ccc(CCNC(=O)CN2CCOC2=O)cc1OC. The predicted molar refractivity (Wildman–Crippen MR) is 79.2 cm³/mol. The largest absolute Gasteiger partial charge is 0.493 e. The summed E-state index contributed by atoms with van der Waals surface area (Å²) in [6, 6.07) is 5.63. The predicted octanol–water partition coefficient (Wildman–Crippen LogP) is 0.815. The van der Waals surface area contributed by atoms with Crippen LogP contribution in [0.25, 0.3) is 0 Å². The molecular weight excluding hydrogens is 288 g/mol. The summed E-state index contributed by atoms with van der Waals surface area (Å²) < 4.78 is 15.2. The zero-order chi connectivity index (χ0) is 15.9. The molecule has 1 aliphatic heterocycles. The Morgan fingerprint density at radius 3 is 2.73 bits per heavy atom. The number of amides is 2. The second-order valence-electron chi connectivity index (χ2n) is 4.83. The number of nitrogens with zero attached hydrogens (tertiary/aromatic N) is 1. The highest BCUT2D eigenvalue weighted by atomic mass is 16.6. The topological polar surface area (TPSA) is 77.1 Å². The maximum absolute atomic E-state index is 11.8. The van der Waals surface area contributed by atoms with Crippen LogP contribution in [0.2, 0.25) is 0 Å². The van der Waals surface area contributed by atoms with Gasteiger partial charge in [0.15, 0.2) is 11.5 Å². The van der Waals surface area contributed by atoms with Crippen LogP contribution >= 0.6 is 0 Å². The van der Waals surface area contributed by atoms with Gasteiger partial charge in [-0.15, -0.1) is 0 Å². The number of cyclic esters (lactones) is 1. The van der Waals surface area contributed by atoms with E-state index in [1.165, 1.54) is 4.90 Å². The number of hydrogen-bond donors (Lipinski definition) is 1. The molecule has 1 aliphatic rings. The summed E-state index contributed by atoms with van der Waals surface area (Å²) in [6.07, 6.45) is 0.228. The Morgan fingerprint density at radius 1 is 1.32 bits per heavy atom. The summed E-state index contributed by atoms with van der Waals surface area (Å²) in [5.41, 5.74) is 1.03. The Bertz CT molecular complexity index is 547. The maximum atomic E-state index is 11.8. The fraction of sp³-hybridized carbons (Fsp3) is 0.467. The normalized spacial score (nSPS) is 13.7. The minimum Gasteiger partial charge on any atom is -0.493 e. The molecule has 7 heteroatoms. The van der Waals surface area contributed by atoms with Crippen LogP contribution in [0.3, 0.4) is 0 Å². The van der Waals surface area contributed by atoms with E-state index in [4.69, 9.17) is 14.2 Å². The number of rotatable bonds is 7. The molecule has 0 spiro atoms. The van der Waals surface area contributed by atoms with E-state index in [0.717, 1.165) is 5.56 Å². The lowest BCUT2D eigenvalue weighted by molar-refractivity contribution is -0.121. The van der Waals surface area contributed by atoms with E-state index in [9.17, 15) is 9.59 Å². The van der Waals surface area contributed by atoms with Crippen molar-refractivity contribution in [3.05, 3.63) is 23.8 Å². The number of carbonyl (C=O) groups is 2. The van der Waals surface area contributed by atoms with E-state index in [2.05, 4.69) is 5.32 Å². The highest BCUT2D eigenvalue weighted by Gasteiger charge is 2.23. The molecule has 0 radical (unpaired) electrons. The lowest BCUT2D eigenvalue weighted by atomic mass is 10.1. The van der Waals surface area contributed by atoms with Crippen LogP contribution in [0, 0.1) is 0 Å². The van der Waals surface area contributed by atoms with E-state index in [0.29, 0.717) is 37.6 Å². The van der Waals surface area contributed by atoms with Gasteiger partial charge < -0.3 is 19.5 Å². The molecule has 7 nitrogen and oxygen atoms in total. The van der Waals surface area contributed by atoms with E-state index < -0.39 is 6.09 Å². The Kier molecular flexibility index (Phi) is 5.46. The standard InChI is InChI=1S/C15H20N2O5/c1-20-12-4-3-11(9-13(12)21-2)5-6-16-14(18)10-17-7-8-22-15(17)19/h3-4,9H,5-8,10H2,1-2H3,(H,16,18). The summed E-state index contributed by atoms with van der Waals surface area (Å²) in [5, 5.41) is 2.78. The number of ether oxygens (including phenoxy) is 3. The first-order valence-corrected chi connectivity index (χ1v) is 7.03. The van der Waals surface area contributed by atoms with Gasteiger partial charge in [-0.3, -0.25) is 9.69 Å². The Morgan fingerprint density at radius 2 is 2.09 bits per heavy atom. The first-order chi connectivity index (χ1) is 10.6. The molecule has 120 valence electrons. The van der Waals surface area contributed by atoms with Gasteiger partial charge in [0, 0.05) is 6.54 Å². The van der Waals surface area contributed by atoms with E-state index >= 15 is 0 Å². The molecule has 2 amide bonds. The highest BCUT2D eigenvalue weighted by molar-refractivity contribution is 5.82. The minimum atomic E-state index is -0.435. The molecule has 22 heavy (non-hydrogen) atoms. The van der Waals surface area contributed by atoms with E-state index in [1.54, 1.807) is 14.2 Å². The molecule has 1 N–H and O–H groups in total. The van der Waals surface area contributed by atoms with Gasteiger partial charge in [0.05, 0.1) is 20.8 Å². The van der Waals surface area contributed by atoms with Crippen molar-refractivity contribution in [2.75, 3.05) is 40.5 Å². The fourth-order valence-electron chi connectivity index (χ4n) is 2.18. The summed E-state index contributed by atoms with van der Waals surface area (Å²) in [5.74, 6) is 1.13. The Hall–Kier alpha value is -2.44. The molecule has 0 saturated carbocycles. The van der Waals surface area contributed by atoms with Crippen LogP contribution in [0.4, 0.5) is 4.79 Å². The summed E-state index contributed by atoms with van der Waals surface area (Å²) in [4.78, 5) is 24.4. The van der Waals surface area contributed by atoms with Gasteiger partial charge in [-0.05, 0) is 24.1 Å². The first-order valence-electron chi connectivity index (χ1n) is 7.03. The number of carbonyl (C=O) groups excluding carboxylic acids is 2. The van der Waals surface area contributed by atoms with Crippen molar-refractivity contribution in [1.82, 2.24) is 10.2 Å². The van der Waals surface area contributed by atoms with Crippen LogP contribution in [0.1, 0.15) is 5.56 Å². The van der Waals surface area contributed by atoms with Crippen molar-refractivity contribution in [2.45, 2.75) is 6.42 Å². The van der Waals surface area contributed by atoms with Crippen LogP contribution in [-0.2, 0) is 16.0 Å².